The van der Waals surface area contributed by atoms with Crippen molar-refractivity contribution in [3.8, 4) is 0 Å². The largest absolute Gasteiger partial charge is 0.325 e. The molecule has 0 radical (unpaired) electrons. The molecular formula is C14H22FN. The lowest BCUT2D eigenvalue weighted by Crippen LogP contribution is -2.34. The van der Waals surface area contributed by atoms with Crippen LogP contribution in [0, 0.1) is 12.7 Å². The lowest BCUT2D eigenvalue weighted by Gasteiger charge is -2.21. The van der Waals surface area contributed by atoms with E-state index < -0.39 is 0 Å². The second-order valence-electron chi connectivity index (χ2n) is 5.62. The van der Waals surface area contributed by atoms with Crippen LogP contribution in [0.1, 0.15) is 50.3 Å². The third-order valence-corrected chi connectivity index (χ3v) is 2.72. The third kappa shape index (κ3) is 3.31. The molecule has 1 rings (SSSR count). The summed E-state index contributed by atoms with van der Waals surface area (Å²) in [6.45, 7) is 9.93. The van der Waals surface area contributed by atoms with Crippen molar-refractivity contribution in [3.63, 3.8) is 0 Å². The summed E-state index contributed by atoms with van der Waals surface area (Å²) < 4.78 is 13.7. The molecule has 0 heterocycles. The van der Waals surface area contributed by atoms with Gasteiger partial charge in [-0.3, -0.25) is 0 Å². The van der Waals surface area contributed by atoms with E-state index in [1.54, 1.807) is 6.07 Å². The molecule has 0 unspecified atom stereocenters. The Morgan fingerprint density at radius 1 is 1.31 bits per heavy atom. The van der Waals surface area contributed by atoms with E-state index in [1.807, 2.05) is 40.7 Å². The normalized spacial score (nSPS) is 12.2. The van der Waals surface area contributed by atoms with Gasteiger partial charge in [-0.2, -0.15) is 0 Å². The monoisotopic (exact) mass is 223 g/mol. The standard InChI is InChI=1S/C14H22FN/c1-9(2)12-7-11(8-14(4,5)16)10(3)6-13(12)15/h6-7,9H,8,16H2,1-5H3. The van der Waals surface area contributed by atoms with Gasteiger partial charge in [-0.1, -0.05) is 19.9 Å². The summed E-state index contributed by atoms with van der Waals surface area (Å²) in [4.78, 5) is 0. The number of nitrogens with two attached hydrogens (primary N) is 1. The molecule has 1 aromatic rings. The van der Waals surface area contributed by atoms with Crippen molar-refractivity contribution in [1.82, 2.24) is 0 Å². The van der Waals surface area contributed by atoms with Crippen LogP contribution in [0.4, 0.5) is 4.39 Å². The molecule has 1 nitrogen and oxygen atoms in total. The van der Waals surface area contributed by atoms with Gasteiger partial charge in [0.2, 0.25) is 0 Å². The number of hydrogen-bond acceptors (Lipinski definition) is 1. The highest BCUT2D eigenvalue weighted by Gasteiger charge is 2.16. The van der Waals surface area contributed by atoms with Gasteiger partial charge < -0.3 is 5.73 Å². The Hall–Kier alpha value is -0.890. The number of benzene rings is 1. The van der Waals surface area contributed by atoms with E-state index in [1.165, 1.54) is 0 Å². The molecule has 0 fully saturated rings. The molecule has 2 N–H and O–H groups in total. The quantitative estimate of drug-likeness (QED) is 0.833. The van der Waals surface area contributed by atoms with Crippen LogP contribution in [-0.2, 0) is 6.42 Å². The maximum absolute atomic E-state index is 13.7. The highest BCUT2D eigenvalue weighted by molar-refractivity contribution is 5.35. The fourth-order valence-electron chi connectivity index (χ4n) is 1.86. The molecule has 0 saturated carbocycles. The van der Waals surface area contributed by atoms with Crippen LogP contribution in [0.3, 0.4) is 0 Å². The predicted molar refractivity (Wildman–Crippen MR) is 67.2 cm³/mol. The fourth-order valence-corrected chi connectivity index (χ4v) is 1.86. The van der Waals surface area contributed by atoms with E-state index in [9.17, 15) is 4.39 Å². The molecule has 0 aliphatic rings. The van der Waals surface area contributed by atoms with Gasteiger partial charge in [0, 0.05) is 5.54 Å². The topological polar surface area (TPSA) is 26.0 Å². The smallest absolute Gasteiger partial charge is 0.126 e. The Balaban J connectivity index is 3.15. The first kappa shape index (κ1) is 13.2. The summed E-state index contributed by atoms with van der Waals surface area (Å²) in [5.41, 5.74) is 8.67. The molecule has 2 heteroatoms. The molecule has 90 valence electrons. The van der Waals surface area contributed by atoms with Crippen molar-refractivity contribution in [1.29, 1.82) is 0 Å². The summed E-state index contributed by atoms with van der Waals surface area (Å²) >= 11 is 0. The van der Waals surface area contributed by atoms with Crippen molar-refractivity contribution in [2.45, 2.75) is 52.5 Å². The fraction of sp³-hybridized carbons (Fsp3) is 0.571. The molecule has 0 aliphatic carbocycles. The molecule has 0 amide bonds. The first-order valence-electron chi connectivity index (χ1n) is 5.78. The first-order valence-corrected chi connectivity index (χ1v) is 5.78. The van der Waals surface area contributed by atoms with E-state index in [-0.39, 0.29) is 17.3 Å². The van der Waals surface area contributed by atoms with Crippen LogP contribution in [0.15, 0.2) is 12.1 Å². The Labute approximate surface area is 97.9 Å². The van der Waals surface area contributed by atoms with Crippen LogP contribution in [0.2, 0.25) is 0 Å². The Morgan fingerprint density at radius 2 is 1.88 bits per heavy atom. The van der Waals surface area contributed by atoms with Crippen molar-refractivity contribution < 1.29 is 4.39 Å². The minimum absolute atomic E-state index is 0.105. The molecule has 0 saturated heterocycles. The van der Waals surface area contributed by atoms with Crippen LogP contribution in [0.25, 0.3) is 0 Å². The average molecular weight is 223 g/mol. The molecule has 0 atom stereocenters. The second kappa shape index (κ2) is 4.54. The van der Waals surface area contributed by atoms with Crippen LogP contribution < -0.4 is 5.73 Å². The lowest BCUT2D eigenvalue weighted by atomic mass is 9.90. The SMILES string of the molecule is Cc1cc(F)c(C(C)C)cc1CC(C)(C)N. The minimum Gasteiger partial charge on any atom is -0.325 e. The molecule has 0 aromatic heterocycles. The Morgan fingerprint density at radius 3 is 2.31 bits per heavy atom. The maximum atomic E-state index is 13.7. The molecular weight excluding hydrogens is 201 g/mol. The number of hydrogen-bond donors (Lipinski definition) is 1. The number of aryl methyl sites for hydroxylation is 1. The van der Waals surface area contributed by atoms with E-state index in [4.69, 9.17) is 5.73 Å². The van der Waals surface area contributed by atoms with Crippen LogP contribution in [-0.4, -0.2) is 5.54 Å². The third-order valence-electron chi connectivity index (χ3n) is 2.72. The van der Waals surface area contributed by atoms with Crippen LogP contribution >= 0.6 is 0 Å². The average Bonchev–Trinajstić information content (AvgIpc) is 2.07. The van der Waals surface area contributed by atoms with Gasteiger partial charge in [0.25, 0.3) is 0 Å². The van der Waals surface area contributed by atoms with Gasteiger partial charge in [-0.25, -0.2) is 4.39 Å². The summed E-state index contributed by atoms with van der Waals surface area (Å²) in [6, 6.07) is 3.58. The summed E-state index contributed by atoms with van der Waals surface area (Å²) in [6.07, 6.45) is 0.777. The van der Waals surface area contributed by atoms with Crippen LogP contribution in [0.5, 0.6) is 0 Å². The number of halogens is 1. The molecule has 16 heavy (non-hydrogen) atoms. The summed E-state index contributed by atoms with van der Waals surface area (Å²) in [7, 11) is 0. The van der Waals surface area contributed by atoms with Gasteiger partial charge in [-0.05, 0) is 55.9 Å². The Kier molecular flexibility index (Phi) is 3.74. The zero-order chi connectivity index (χ0) is 12.5. The van der Waals surface area contributed by atoms with Gasteiger partial charge in [-0.15, -0.1) is 0 Å². The van der Waals surface area contributed by atoms with Crippen molar-refractivity contribution in [2.75, 3.05) is 0 Å². The van der Waals surface area contributed by atoms with E-state index >= 15 is 0 Å². The first-order chi connectivity index (χ1) is 7.20. The van der Waals surface area contributed by atoms with Gasteiger partial charge in [0.1, 0.15) is 5.82 Å². The minimum atomic E-state index is -0.253. The highest BCUT2D eigenvalue weighted by Crippen LogP contribution is 2.24. The van der Waals surface area contributed by atoms with Crippen molar-refractivity contribution >= 4 is 0 Å². The van der Waals surface area contributed by atoms with Gasteiger partial charge >= 0.3 is 0 Å². The van der Waals surface area contributed by atoms with E-state index in [0.29, 0.717) is 0 Å². The van der Waals surface area contributed by atoms with Crippen molar-refractivity contribution in [3.05, 3.63) is 34.6 Å². The van der Waals surface area contributed by atoms with Gasteiger partial charge in [0.15, 0.2) is 0 Å². The molecule has 0 bridgehead atoms. The second-order valence-corrected chi connectivity index (χ2v) is 5.62. The van der Waals surface area contributed by atoms with E-state index in [0.717, 1.165) is 23.1 Å². The van der Waals surface area contributed by atoms with Gasteiger partial charge in [0.05, 0.1) is 0 Å². The summed E-state index contributed by atoms with van der Waals surface area (Å²) in [5, 5.41) is 0. The zero-order valence-electron chi connectivity index (χ0n) is 10.9. The Bertz CT molecular complexity index is 375. The molecule has 1 aromatic carbocycles. The molecule has 0 aliphatic heterocycles. The predicted octanol–water partition coefficient (Wildman–Crippen LogP) is 3.54. The van der Waals surface area contributed by atoms with Crippen molar-refractivity contribution in [2.24, 2.45) is 5.73 Å². The highest BCUT2D eigenvalue weighted by atomic mass is 19.1. The summed E-state index contributed by atoms with van der Waals surface area (Å²) in [5.74, 6) is 0.103. The zero-order valence-corrected chi connectivity index (χ0v) is 10.9. The number of rotatable bonds is 3. The van der Waals surface area contributed by atoms with E-state index in [2.05, 4.69) is 0 Å². The lowest BCUT2D eigenvalue weighted by molar-refractivity contribution is 0.513. The maximum Gasteiger partial charge on any atom is 0.126 e. The molecule has 0 spiro atoms.